The van der Waals surface area contributed by atoms with E-state index in [4.69, 9.17) is 0 Å². The highest BCUT2D eigenvalue weighted by Crippen LogP contribution is 2.25. The van der Waals surface area contributed by atoms with E-state index in [1.165, 1.54) is 12.8 Å². The topological polar surface area (TPSA) is 61.0 Å². The average molecular weight is 264 g/mol. The molecule has 19 heavy (non-hydrogen) atoms. The number of rotatable bonds is 5. The third-order valence-corrected chi connectivity index (χ3v) is 4.06. The number of likely N-dealkylation sites (tertiary alicyclic amines) is 1. The maximum Gasteiger partial charge on any atom is 0.237 e. The molecule has 0 spiro atoms. The second kappa shape index (κ2) is 6.19. The second-order valence-electron chi connectivity index (χ2n) is 5.48. The molecule has 2 rings (SSSR count). The predicted molar refractivity (Wildman–Crippen MR) is 74.8 cm³/mol. The minimum Gasteiger partial charge on any atom is -0.354 e. The predicted octanol–water partition coefficient (Wildman–Crippen LogP) is 1.33. The maximum atomic E-state index is 12.2. The SMILES string of the molecule is CC1CCC(C)N1C(C)C(=O)NCCc1ncc[nH]1. The molecule has 1 amide bonds. The van der Waals surface area contributed by atoms with Gasteiger partial charge in [-0.05, 0) is 33.6 Å². The number of imidazole rings is 1. The van der Waals surface area contributed by atoms with E-state index >= 15 is 0 Å². The Morgan fingerprint density at radius 2 is 2.21 bits per heavy atom. The molecule has 0 bridgehead atoms. The number of carbonyl (C=O) groups is 1. The summed E-state index contributed by atoms with van der Waals surface area (Å²) >= 11 is 0. The Morgan fingerprint density at radius 1 is 1.53 bits per heavy atom. The fraction of sp³-hybridized carbons (Fsp3) is 0.714. The standard InChI is InChI=1S/C14H24N4O/c1-10-4-5-11(2)18(10)12(3)14(19)17-7-6-13-15-8-9-16-13/h8-12H,4-7H2,1-3H3,(H,15,16)(H,17,19). The largest absolute Gasteiger partial charge is 0.354 e. The number of hydrogen-bond donors (Lipinski definition) is 2. The van der Waals surface area contributed by atoms with Gasteiger partial charge in [-0.3, -0.25) is 9.69 Å². The summed E-state index contributed by atoms with van der Waals surface area (Å²) in [5.74, 6) is 1.03. The number of H-pyrrole nitrogens is 1. The highest BCUT2D eigenvalue weighted by molar-refractivity contribution is 5.81. The van der Waals surface area contributed by atoms with Crippen LogP contribution in [0.1, 0.15) is 39.4 Å². The second-order valence-corrected chi connectivity index (χ2v) is 5.48. The Kier molecular flexibility index (Phi) is 4.58. The number of nitrogens with zero attached hydrogens (tertiary/aromatic N) is 2. The summed E-state index contributed by atoms with van der Waals surface area (Å²) in [6.07, 6.45) is 6.65. The van der Waals surface area contributed by atoms with E-state index < -0.39 is 0 Å². The maximum absolute atomic E-state index is 12.2. The fourth-order valence-electron chi connectivity index (χ4n) is 3.00. The van der Waals surface area contributed by atoms with Crippen molar-refractivity contribution in [2.45, 2.75) is 58.2 Å². The van der Waals surface area contributed by atoms with Gasteiger partial charge in [-0.2, -0.15) is 0 Å². The Balaban J connectivity index is 1.79. The van der Waals surface area contributed by atoms with E-state index in [2.05, 4.69) is 34.0 Å². The Hall–Kier alpha value is -1.36. The lowest BCUT2D eigenvalue weighted by atomic mass is 10.2. The zero-order chi connectivity index (χ0) is 13.8. The number of amides is 1. The molecule has 1 saturated heterocycles. The Labute approximate surface area is 114 Å². The van der Waals surface area contributed by atoms with E-state index in [-0.39, 0.29) is 11.9 Å². The van der Waals surface area contributed by atoms with Crippen molar-refractivity contribution in [3.63, 3.8) is 0 Å². The zero-order valence-corrected chi connectivity index (χ0v) is 12.0. The number of aromatic amines is 1. The van der Waals surface area contributed by atoms with Gasteiger partial charge in [-0.1, -0.05) is 0 Å². The third-order valence-electron chi connectivity index (χ3n) is 4.06. The van der Waals surface area contributed by atoms with Crippen molar-refractivity contribution in [3.8, 4) is 0 Å². The lowest BCUT2D eigenvalue weighted by Crippen LogP contribution is -2.49. The molecule has 2 heterocycles. The summed E-state index contributed by atoms with van der Waals surface area (Å²) in [7, 11) is 0. The third kappa shape index (κ3) is 3.35. The molecule has 1 fully saturated rings. The van der Waals surface area contributed by atoms with Crippen LogP contribution in [0.15, 0.2) is 12.4 Å². The van der Waals surface area contributed by atoms with Crippen molar-refractivity contribution >= 4 is 5.91 Å². The molecule has 1 aromatic heterocycles. The van der Waals surface area contributed by atoms with Gasteiger partial charge in [0.05, 0.1) is 6.04 Å². The zero-order valence-electron chi connectivity index (χ0n) is 12.0. The van der Waals surface area contributed by atoms with Gasteiger partial charge in [-0.15, -0.1) is 0 Å². The van der Waals surface area contributed by atoms with Crippen LogP contribution in [0, 0.1) is 0 Å². The molecule has 106 valence electrons. The molecule has 2 N–H and O–H groups in total. The molecule has 1 aliphatic heterocycles. The first-order chi connectivity index (χ1) is 9.09. The van der Waals surface area contributed by atoms with Crippen molar-refractivity contribution in [1.29, 1.82) is 0 Å². The molecule has 5 nitrogen and oxygen atoms in total. The van der Waals surface area contributed by atoms with Crippen LogP contribution in [-0.2, 0) is 11.2 Å². The molecule has 0 saturated carbocycles. The molecule has 3 unspecified atom stereocenters. The molecule has 1 aromatic rings. The summed E-state index contributed by atoms with van der Waals surface area (Å²) in [4.78, 5) is 21.7. The van der Waals surface area contributed by atoms with Crippen LogP contribution in [0.2, 0.25) is 0 Å². The monoisotopic (exact) mass is 264 g/mol. The van der Waals surface area contributed by atoms with Gasteiger partial charge in [0.25, 0.3) is 0 Å². The quantitative estimate of drug-likeness (QED) is 0.843. The van der Waals surface area contributed by atoms with E-state index in [1.54, 1.807) is 12.4 Å². The van der Waals surface area contributed by atoms with Crippen molar-refractivity contribution in [2.75, 3.05) is 6.54 Å². The summed E-state index contributed by atoms with van der Waals surface area (Å²) in [6, 6.07) is 0.950. The van der Waals surface area contributed by atoms with Gasteiger partial charge in [0.15, 0.2) is 0 Å². The van der Waals surface area contributed by atoms with E-state index in [0.717, 1.165) is 12.2 Å². The van der Waals surface area contributed by atoms with Gasteiger partial charge in [0, 0.05) is 37.4 Å². The number of carbonyl (C=O) groups excluding carboxylic acids is 1. The van der Waals surface area contributed by atoms with Gasteiger partial charge >= 0.3 is 0 Å². The molecule has 0 radical (unpaired) electrons. The first kappa shape index (κ1) is 14.1. The minimum absolute atomic E-state index is 0.0518. The first-order valence-electron chi connectivity index (χ1n) is 7.13. The highest BCUT2D eigenvalue weighted by atomic mass is 16.2. The molecule has 3 atom stereocenters. The smallest absolute Gasteiger partial charge is 0.237 e. The van der Waals surface area contributed by atoms with Crippen molar-refractivity contribution in [2.24, 2.45) is 0 Å². The highest BCUT2D eigenvalue weighted by Gasteiger charge is 2.34. The fourth-order valence-corrected chi connectivity index (χ4v) is 3.00. The average Bonchev–Trinajstić information content (AvgIpc) is 2.99. The normalized spacial score (nSPS) is 25.4. The number of aromatic nitrogens is 2. The molecule has 0 aromatic carbocycles. The molecule has 5 heteroatoms. The van der Waals surface area contributed by atoms with E-state index in [0.29, 0.717) is 18.6 Å². The molecule has 1 aliphatic rings. The van der Waals surface area contributed by atoms with Gasteiger partial charge in [0.2, 0.25) is 5.91 Å². The lowest BCUT2D eigenvalue weighted by molar-refractivity contribution is -0.126. The lowest BCUT2D eigenvalue weighted by Gasteiger charge is -2.31. The molecular weight excluding hydrogens is 240 g/mol. The number of nitrogens with one attached hydrogen (secondary N) is 2. The first-order valence-corrected chi connectivity index (χ1v) is 7.13. The van der Waals surface area contributed by atoms with Crippen molar-refractivity contribution < 1.29 is 4.79 Å². The van der Waals surface area contributed by atoms with Crippen LogP contribution in [0.4, 0.5) is 0 Å². The van der Waals surface area contributed by atoms with Crippen LogP contribution in [0.5, 0.6) is 0 Å². The van der Waals surface area contributed by atoms with Crippen LogP contribution in [0.25, 0.3) is 0 Å². The van der Waals surface area contributed by atoms with Crippen molar-refractivity contribution in [3.05, 3.63) is 18.2 Å². The minimum atomic E-state index is -0.0518. The van der Waals surface area contributed by atoms with Crippen LogP contribution >= 0.6 is 0 Å². The molecular formula is C14H24N4O. The van der Waals surface area contributed by atoms with Crippen LogP contribution < -0.4 is 5.32 Å². The van der Waals surface area contributed by atoms with Crippen LogP contribution in [0.3, 0.4) is 0 Å². The summed E-state index contributed by atoms with van der Waals surface area (Å²) in [6.45, 7) is 7.04. The van der Waals surface area contributed by atoms with E-state index in [1.807, 2.05) is 6.92 Å². The molecule has 0 aliphatic carbocycles. The Bertz CT molecular complexity index is 394. The van der Waals surface area contributed by atoms with Gasteiger partial charge in [-0.25, -0.2) is 4.98 Å². The summed E-state index contributed by atoms with van der Waals surface area (Å²) < 4.78 is 0. The summed E-state index contributed by atoms with van der Waals surface area (Å²) in [5, 5.41) is 3.00. The van der Waals surface area contributed by atoms with Gasteiger partial charge < -0.3 is 10.3 Å². The van der Waals surface area contributed by atoms with Crippen LogP contribution in [-0.4, -0.2) is 45.4 Å². The van der Waals surface area contributed by atoms with Crippen molar-refractivity contribution in [1.82, 2.24) is 20.2 Å². The van der Waals surface area contributed by atoms with Gasteiger partial charge in [0.1, 0.15) is 5.82 Å². The number of hydrogen-bond acceptors (Lipinski definition) is 3. The summed E-state index contributed by atoms with van der Waals surface area (Å²) in [5.41, 5.74) is 0. The Morgan fingerprint density at radius 3 is 2.79 bits per heavy atom. The van der Waals surface area contributed by atoms with E-state index in [9.17, 15) is 4.79 Å².